The lowest BCUT2D eigenvalue weighted by molar-refractivity contribution is 0.535. The van der Waals surface area contributed by atoms with Gasteiger partial charge < -0.3 is 5.32 Å². The van der Waals surface area contributed by atoms with Gasteiger partial charge in [-0.1, -0.05) is 0 Å². The fourth-order valence-electron chi connectivity index (χ4n) is 0.415. The van der Waals surface area contributed by atoms with Crippen molar-refractivity contribution in [3.63, 3.8) is 0 Å². The molecule has 1 rings (SSSR count). The number of amides is 1. The van der Waals surface area contributed by atoms with Gasteiger partial charge in [0, 0.05) is 0 Å². The molecule has 1 N–H and O–H groups in total. The summed E-state index contributed by atoms with van der Waals surface area (Å²) in [5.74, 6) is 1.18. The lowest BCUT2D eigenvalue weighted by Crippen LogP contribution is -2.31. The number of nitrogens with one attached hydrogen (secondary N) is 1. The maximum atomic E-state index is 9.56. The summed E-state index contributed by atoms with van der Waals surface area (Å²) in [5.41, 5.74) is 0. The van der Waals surface area contributed by atoms with Crippen molar-refractivity contribution in [3.05, 3.63) is 0 Å². The highest BCUT2D eigenvalue weighted by Crippen LogP contribution is 2.23. The van der Waals surface area contributed by atoms with Crippen LogP contribution in [0.4, 0.5) is 0 Å². The highest BCUT2D eigenvalue weighted by molar-refractivity contribution is 8.01. The van der Waals surface area contributed by atoms with Crippen molar-refractivity contribution in [3.8, 4) is 0 Å². The third-order valence-electron chi connectivity index (χ3n) is 0.919. The van der Waals surface area contributed by atoms with Gasteiger partial charge in [0.1, 0.15) is 0 Å². The zero-order valence-electron chi connectivity index (χ0n) is 3.81. The highest BCUT2D eigenvalue weighted by Gasteiger charge is 2.15. The van der Waals surface area contributed by atoms with Gasteiger partial charge in [0.05, 0.1) is 5.37 Å². The Labute approximate surface area is 46.7 Å². The quantitative estimate of drug-likeness (QED) is 0.519. The lowest BCUT2D eigenvalue weighted by atomic mass is 10.4. The van der Waals surface area contributed by atoms with Gasteiger partial charge in [-0.25, -0.2) is 0 Å². The van der Waals surface area contributed by atoms with Gasteiger partial charge >= 0.3 is 6.41 Å². The van der Waals surface area contributed by atoms with E-state index in [-0.39, 0.29) is 0 Å². The minimum absolute atomic E-state index is 0.373. The first kappa shape index (κ1) is 4.97. The molecule has 1 saturated heterocycles. The van der Waals surface area contributed by atoms with Crippen molar-refractivity contribution in [1.29, 1.82) is 0 Å². The van der Waals surface area contributed by atoms with E-state index in [9.17, 15) is 4.79 Å². The van der Waals surface area contributed by atoms with Crippen LogP contribution in [0.15, 0.2) is 0 Å². The van der Waals surface area contributed by atoms with E-state index in [1.807, 2.05) is 0 Å². The molecule has 1 radical (unpaired) electrons. The Morgan fingerprint density at radius 2 is 2.57 bits per heavy atom. The molecule has 3 heteroatoms. The molecule has 0 aliphatic carbocycles. The first-order valence-electron chi connectivity index (χ1n) is 2.18. The summed E-state index contributed by atoms with van der Waals surface area (Å²) in [5, 5.41) is 2.91. The number of rotatable bonds is 2. The van der Waals surface area contributed by atoms with Crippen LogP contribution >= 0.6 is 11.8 Å². The summed E-state index contributed by atoms with van der Waals surface area (Å²) < 4.78 is 0. The molecule has 1 amide bonds. The monoisotopic (exact) mass is 116 g/mol. The fourth-order valence-corrected chi connectivity index (χ4v) is 1.02. The Morgan fingerprint density at radius 1 is 1.86 bits per heavy atom. The molecule has 0 bridgehead atoms. The van der Waals surface area contributed by atoms with Crippen molar-refractivity contribution in [2.75, 3.05) is 5.75 Å². The Morgan fingerprint density at radius 3 is 2.71 bits per heavy atom. The molecule has 1 aliphatic rings. The van der Waals surface area contributed by atoms with Crippen LogP contribution in [0.25, 0.3) is 0 Å². The highest BCUT2D eigenvalue weighted by atomic mass is 32.2. The third-order valence-corrected chi connectivity index (χ3v) is 2.15. The third kappa shape index (κ3) is 1.09. The van der Waals surface area contributed by atoms with Crippen molar-refractivity contribution in [1.82, 2.24) is 5.32 Å². The van der Waals surface area contributed by atoms with E-state index in [0.29, 0.717) is 5.37 Å². The molecular weight excluding hydrogens is 110 g/mol. The molecule has 0 aromatic carbocycles. The summed E-state index contributed by atoms with van der Waals surface area (Å²) >= 11 is 1.76. The Balaban J connectivity index is 2.03. The molecule has 39 valence electrons. The van der Waals surface area contributed by atoms with Crippen LogP contribution in [0.2, 0.25) is 0 Å². The van der Waals surface area contributed by atoms with Gasteiger partial charge in [-0.15, -0.1) is 11.8 Å². The normalized spacial score (nSPS) is 28.3. The number of thioether (sulfide) groups is 1. The van der Waals surface area contributed by atoms with Crippen LogP contribution in [0.1, 0.15) is 6.42 Å². The largest absolute Gasteiger partial charge is 0.336 e. The number of hydrogen-bond acceptors (Lipinski definition) is 2. The standard InChI is InChI=1S/C4H6NOS/c6-3-5-4-1-2-7-4/h4H,1-2H2,(H,5,6). The van der Waals surface area contributed by atoms with Gasteiger partial charge in [-0.3, -0.25) is 4.79 Å². The topological polar surface area (TPSA) is 29.1 Å². The fraction of sp³-hybridized carbons (Fsp3) is 0.750. The first-order chi connectivity index (χ1) is 3.43. The number of hydrogen-bond donors (Lipinski definition) is 1. The summed E-state index contributed by atoms with van der Waals surface area (Å²) in [4.78, 5) is 9.56. The molecule has 1 aliphatic heterocycles. The van der Waals surface area contributed by atoms with Crippen molar-refractivity contribution in [2.24, 2.45) is 0 Å². The van der Waals surface area contributed by atoms with Crippen LogP contribution in [-0.4, -0.2) is 17.5 Å². The number of carbonyl (C=O) groups excluding carboxylic acids is 1. The van der Waals surface area contributed by atoms with Crippen LogP contribution in [0.5, 0.6) is 0 Å². The Kier molecular flexibility index (Phi) is 1.57. The van der Waals surface area contributed by atoms with E-state index in [0.717, 1.165) is 6.42 Å². The maximum absolute atomic E-state index is 9.56. The summed E-state index contributed by atoms with van der Waals surface area (Å²) in [6, 6.07) is 0. The summed E-state index contributed by atoms with van der Waals surface area (Å²) in [7, 11) is 0. The second kappa shape index (κ2) is 2.21. The van der Waals surface area contributed by atoms with Crippen LogP contribution in [-0.2, 0) is 4.79 Å². The van der Waals surface area contributed by atoms with E-state index in [1.165, 1.54) is 5.75 Å². The molecule has 0 aromatic rings. The summed E-state index contributed by atoms with van der Waals surface area (Å²) in [6.07, 6.45) is 2.76. The zero-order valence-corrected chi connectivity index (χ0v) is 4.62. The molecule has 1 atom stereocenters. The molecule has 1 unspecified atom stereocenters. The molecule has 0 aromatic heterocycles. The van der Waals surface area contributed by atoms with Gasteiger partial charge in [-0.2, -0.15) is 0 Å². The molecular formula is C4H6NOS. The van der Waals surface area contributed by atoms with E-state index in [2.05, 4.69) is 5.32 Å². The Bertz CT molecular complexity index is 72.1. The smallest absolute Gasteiger partial charge is 0.310 e. The molecule has 0 spiro atoms. The molecule has 2 nitrogen and oxygen atoms in total. The van der Waals surface area contributed by atoms with Gasteiger partial charge in [0.2, 0.25) is 0 Å². The average Bonchev–Trinajstić information content (AvgIpc) is 1.55. The van der Waals surface area contributed by atoms with Gasteiger partial charge in [0.15, 0.2) is 0 Å². The lowest BCUT2D eigenvalue weighted by Gasteiger charge is -2.22. The van der Waals surface area contributed by atoms with E-state index < -0.39 is 0 Å². The molecule has 0 saturated carbocycles. The maximum Gasteiger partial charge on any atom is 0.310 e. The van der Waals surface area contributed by atoms with Crippen molar-refractivity contribution < 1.29 is 4.79 Å². The van der Waals surface area contributed by atoms with Gasteiger partial charge in [-0.05, 0) is 12.2 Å². The Hall–Kier alpha value is -0.180. The van der Waals surface area contributed by atoms with Crippen LogP contribution < -0.4 is 5.32 Å². The summed E-state index contributed by atoms with van der Waals surface area (Å²) in [6.45, 7) is 0. The van der Waals surface area contributed by atoms with E-state index in [1.54, 1.807) is 18.2 Å². The molecule has 1 fully saturated rings. The SMILES string of the molecule is O=[C]NC1CCS1. The predicted molar refractivity (Wildman–Crippen MR) is 29.7 cm³/mol. The second-order valence-electron chi connectivity index (χ2n) is 1.39. The minimum atomic E-state index is 0.373. The van der Waals surface area contributed by atoms with Crippen molar-refractivity contribution >= 4 is 18.2 Å². The van der Waals surface area contributed by atoms with Crippen molar-refractivity contribution in [2.45, 2.75) is 11.8 Å². The van der Waals surface area contributed by atoms with Crippen LogP contribution in [0, 0.1) is 0 Å². The van der Waals surface area contributed by atoms with Gasteiger partial charge in [0.25, 0.3) is 0 Å². The predicted octanol–water partition coefficient (Wildman–Crippen LogP) is 0.106. The zero-order chi connectivity index (χ0) is 5.11. The van der Waals surface area contributed by atoms with E-state index in [4.69, 9.17) is 0 Å². The van der Waals surface area contributed by atoms with Crippen LogP contribution in [0.3, 0.4) is 0 Å². The average molecular weight is 116 g/mol. The van der Waals surface area contributed by atoms with E-state index >= 15 is 0 Å². The molecule has 1 heterocycles. The second-order valence-corrected chi connectivity index (χ2v) is 2.71. The molecule has 7 heavy (non-hydrogen) atoms. The minimum Gasteiger partial charge on any atom is -0.336 e. The first-order valence-corrected chi connectivity index (χ1v) is 3.22.